The number of likely N-dealkylation sites (N-methyl/N-ethyl adjacent to an activating group) is 1. The molecule has 0 atom stereocenters. The van der Waals surface area contributed by atoms with Gasteiger partial charge in [0.05, 0.1) is 18.4 Å². The van der Waals surface area contributed by atoms with Gasteiger partial charge in [-0.05, 0) is 42.8 Å². The fourth-order valence-electron chi connectivity index (χ4n) is 3.85. The molecule has 8 heteroatoms. The van der Waals surface area contributed by atoms with Crippen molar-refractivity contribution in [3.8, 4) is 5.00 Å². The zero-order valence-corrected chi connectivity index (χ0v) is 18.5. The van der Waals surface area contributed by atoms with E-state index >= 15 is 0 Å². The van der Waals surface area contributed by atoms with Crippen LogP contribution in [0.4, 0.5) is 10.5 Å². The number of amides is 2. The van der Waals surface area contributed by atoms with Crippen LogP contribution in [0.15, 0.2) is 48.8 Å². The molecule has 3 aromatic rings. The van der Waals surface area contributed by atoms with Crippen LogP contribution in [0.1, 0.15) is 33.3 Å². The second-order valence-corrected chi connectivity index (χ2v) is 8.43. The third-order valence-electron chi connectivity index (χ3n) is 5.52. The normalized spacial score (nSPS) is 13.5. The van der Waals surface area contributed by atoms with Crippen LogP contribution in [-0.4, -0.2) is 41.7 Å². The Morgan fingerprint density at radius 2 is 1.94 bits per heavy atom. The van der Waals surface area contributed by atoms with Gasteiger partial charge in [0.15, 0.2) is 0 Å². The van der Waals surface area contributed by atoms with Gasteiger partial charge < -0.3 is 19.9 Å². The maximum absolute atomic E-state index is 12.6. The SMILES string of the molecule is CCN1CCc2c(sc(-n3cccc3)c2CNC(=O)Nc2ccccc2C(=O)OC)C1. The standard InChI is InChI=1S/C23H26N4O3S/c1-3-26-13-10-16-18(21(31-20(16)15-26)27-11-6-7-12-27)14-24-23(29)25-19-9-5-4-8-17(19)22(28)30-2/h4-9,11-12H,3,10,13-15H2,1-2H3,(H2,24,25,29). The molecular weight excluding hydrogens is 412 g/mol. The first-order valence-electron chi connectivity index (χ1n) is 10.3. The van der Waals surface area contributed by atoms with E-state index in [1.165, 1.54) is 17.6 Å². The molecule has 0 radical (unpaired) electrons. The van der Waals surface area contributed by atoms with Gasteiger partial charge in [0, 0.05) is 42.5 Å². The lowest BCUT2D eigenvalue weighted by Gasteiger charge is -2.25. The van der Waals surface area contributed by atoms with E-state index in [-0.39, 0.29) is 6.03 Å². The summed E-state index contributed by atoms with van der Waals surface area (Å²) in [6, 6.07) is 10.5. The van der Waals surface area contributed by atoms with E-state index in [1.54, 1.807) is 35.6 Å². The number of benzene rings is 1. The van der Waals surface area contributed by atoms with Crippen LogP contribution < -0.4 is 10.6 Å². The van der Waals surface area contributed by atoms with Crippen molar-refractivity contribution in [1.82, 2.24) is 14.8 Å². The highest BCUT2D eigenvalue weighted by Gasteiger charge is 2.24. The smallest absolute Gasteiger partial charge is 0.339 e. The number of carbonyl (C=O) groups excluding carboxylic acids is 2. The number of anilines is 1. The molecule has 0 aliphatic carbocycles. The lowest BCUT2D eigenvalue weighted by atomic mass is 10.0. The number of aromatic nitrogens is 1. The topological polar surface area (TPSA) is 75.6 Å². The first-order chi connectivity index (χ1) is 15.1. The molecule has 2 amide bonds. The Hall–Kier alpha value is -3.10. The van der Waals surface area contributed by atoms with Crippen LogP contribution in [0.25, 0.3) is 5.00 Å². The van der Waals surface area contributed by atoms with E-state index in [0.717, 1.165) is 36.6 Å². The highest BCUT2D eigenvalue weighted by atomic mass is 32.1. The molecule has 0 bridgehead atoms. The minimum atomic E-state index is -0.488. The maximum atomic E-state index is 12.6. The number of methoxy groups -OCH3 is 1. The summed E-state index contributed by atoms with van der Waals surface area (Å²) in [6.07, 6.45) is 5.04. The third kappa shape index (κ3) is 4.50. The highest BCUT2D eigenvalue weighted by Crippen LogP contribution is 2.35. The molecule has 7 nitrogen and oxygen atoms in total. The van der Waals surface area contributed by atoms with Crippen LogP contribution in [-0.2, 0) is 24.2 Å². The lowest BCUT2D eigenvalue weighted by molar-refractivity contribution is 0.0602. The molecule has 1 aliphatic heterocycles. The quantitative estimate of drug-likeness (QED) is 0.570. The molecule has 31 heavy (non-hydrogen) atoms. The average Bonchev–Trinajstić information content (AvgIpc) is 3.44. The lowest BCUT2D eigenvalue weighted by Crippen LogP contribution is -2.31. The molecule has 0 unspecified atom stereocenters. The maximum Gasteiger partial charge on any atom is 0.339 e. The van der Waals surface area contributed by atoms with Crippen molar-refractivity contribution in [3.63, 3.8) is 0 Å². The van der Waals surface area contributed by atoms with E-state index in [2.05, 4.69) is 27.0 Å². The van der Waals surface area contributed by atoms with Crippen molar-refractivity contribution in [1.29, 1.82) is 0 Å². The molecule has 1 aromatic carbocycles. The second kappa shape index (κ2) is 9.36. The van der Waals surface area contributed by atoms with E-state index < -0.39 is 5.97 Å². The minimum absolute atomic E-state index is 0.320. The number of ether oxygens (including phenoxy) is 1. The number of fused-ring (bicyclic) bond motifs is 1. The van der Waals surface area contributed by atoms with Crippen molar-refractivity contribution in [2.45, 2.75) is 26.4 Å². The van der Waals surface area contributed by atoms with Crippen molar-refractivity contribution in [2.75, 3.05) is 25.5 Å². The van der Waals surface area contributed by atoms with Gasteiger partial charge in [-0.3, -0.25) is 4.90 Å². The second-order valence-electron chi connectivity index (χ2n) is 7.34. The van der Waals surface area contributed by atoms with E-state index in [9.17, 15) is 9.59 Å². The average molecular weight is 439 g/mol. The Morgan fingerprint density at radius 1 is 1.16 bits per heavy atom. The number of esters is 1. The summed E-state index contributed by atoms with van der Waals surface area (Å²) < 4.78 is 6.91. The predicted octanol–water partition coefficient (Wildman–Crippen LogP) is 4.03. The molecule has 162 valence electrons. The van der Waals surface area contributed by atoms with Crippen molar-refractivity contribution in [2.24, 2.45) is 0 Å². The van der Waals surface area contributed by atoms with Crippen molar-refractivity contribution < 1.29 is 14.3 Å². The Bertz CT molecular complexity index is 1070. The largest absolute Gasteiger partial charge is 0.465 e. The molecule has 2 aromatic heterocycles. The Kier molecular flexibility index (Phi) is 6.39. The van der Waals surface area contributed by atoms with Crippen LogP contribution in [0.5, 0.6) is 0 Å². The number of rotatable bonds is 6. The van der Waals surface area contributed by atoms with Gasteiger partial charge in [-0.2, -0.15) is 0 Å². The Morgan fingerprint density at radius 3 is 2.68 bits per heavy atom. The molecular formula is C23H26N4O3S. The Balaban J connectivity index is 1.53. The van der Waals surface area contributed by atoms with Crippen molar-refractivity contribution in [3.05, 3.63) is 70.4 Å². The van der Waals surface area contributed by atoms with E-state index in [1.807, 2.05) is 24.5 Å². The summed E-state index contributed by atoms with van der Waals surface area (Å²) in [4.78, 5) is 28.4. The highest BCUT2D eigenvalue weighted by molar-refractivity contribution is 7.14. The minimum Gasteiger partial charge on any atom is -0.465 e. The number of para-hydroxylation sites is 1. The summed E-state index contributed by atoms with van der Waals surface area (Å²) in [5.41, 5.74) is 3.24. The molecule has 0 spiro atoms. The molecule has 2 N–H and O–H groups in total. The fraction of sp³-hybridized carbons (Fsp3) is 0.304. The van der Waals surface area contributed by atoms with Crippen LogP contribution in [0, 0.1) is 0 Å². The van der Waals surface area contributed by atoms with Gasteiger partial charge in [-0.25, -0.2) is 9.59 Å². The molecule has 4 rings (SSSR count). The summed E-state index contributed by atoms with van der Waals surface area (Å²) in [5, 5.41) is 6.89. The van der Waals surface area contributed by atoms with Gasteiger partial charge in [0.2, 0.25) is 0 Å². The summed E-state index contributed by atoms with van der Waals surface area (Å²) in [6.45, 7) is 5.61. The van der Waals surface area contributed by atoms with Crippen LogP contribution >= 0.6 is 11.3 Å². The summed E-state index contributed by atoms with van der Waals surface area (Å²) >= 11 is 1.79. The monoisotopic (exact) mass is 438 g/mol. The molecule has 0 fully saturated rings. The van der Waals surface area contributed by atoms with Crippen LogP contribution in [0.2, 0.25) is 0 Å². The number of hydrogen-bond donors (Lipinski definition) is 2. The fourth-order valence-corrected chi connectivity index (χ4v) is 5.23. The van der Waals surface area contributed by atoms with Gasteiger partial charge in [-0.15, -0.1) is 11.3 Å². The number of urea groups is 1. The van der Waals surface area contributed by atoms with Crippen LogP contribution in [0.3, 0.4) is 0 Å². The molecule has 3 heterocycles. The zero-order chi connectivity index (χ0) is 21.8. The van der Waals surface area contributed by atoms with E-state index in [0.29, 0.717) is 17.8 Å². The summed E-state index contributed by atoms with van der Waals surface area (Å²) in [5.74, 6) is -0.488. The number of nitrogens with one attached hydrogen (secondary N) is 2. The molecule has 0 saturated heterocycles. The number of hydrogen-bond acceptors (Lipinski definition) is 5. The van der Waals surface area contributed by atoms with Crippen molar-refractivity contribution >= 4 is 29.0 Å². The summed E-state index contributed by atoms with van der Waals surface area (Å²) in [7, 11) is 1.32. The number of nitrogens with zero attached hydrogens (tertiary/aromatic N) is 2. The van der Waals surface area contributed by atoms with Gasteiger partial charge in [-0.1, -0.05) is 19.1 Å². The zero-order valence-electron chi connectivity index (χ0n) is 17.7. The first-order valence-corrected chi connectivity index (χ1v) is 11.1. The molecule has 0 saturated carbocycles. The van der Waals surface area contributed by atoms with Gasteiger partial charge in [0.25, 0.3) is 0 Å². The van der Waals surface area contributed by atoms with Gasteiger partial charge >= 0.3 is 12.0 Å². The Labute approximate surface area is 185 Å². The molecule has 1 aliphatic rings. The number of carbonyl (C=O) groups is 2. The predicted molar refractivity (Wildman–Crippen MR) is 122 cm³/mol. The third-order valence-corrected chi connectivity index (χ3v) is 6.79. The van der Waals surface area contributed by atoms with Gasteiger partial charge in [0.1, 0.15) is 5.00 Å². The van der Waals surface area contributed by atoms with E-state index in [4.69, 9.17) is 4.74 Å². The first kappa shape index (κ1) is 21.1. The number of thiophene rings is 1.